The molecule has 0 spiro atoms. The van der Waals surface area contributed by atoms with Gasteiger partial charge in [-0.2, -0.15) is 0 Å². The average molecular weight is 322 g/mol. The van der Waals surface area contributed by atoms with E-state index in [0.29, 0.717) is 12.5 Å². The summed E-state index contributed by atoms with van der Waals surface area (Å²) >= 11 is 0. The van der Waals surface area contributed by atoms with Gasteiger partial charge in [-0.3, -0.25) is 4.79 Å². The second kappa shape index (κ2) is 6.79. The first kappa shape index (κ1) is 16.1. The summed E-state index contributed by atoms with van der Waals surface area (Å²) in [6, 6.07) is 15.8. The molecular weight excluding hydrogens is 300 g/mol. The highest BCUT2D eigenvalue weighted by Gasteiger charge is 2.06. The summed E-state index contributed by atoms with van der Waals surface area (Å²) in [5.74, 6) is 1.27. The van der Waals surface area contributed by atoms with Crippen molar-refractivity contribution in [2.45, 2.75) is 26.3 Å². The van der Waals surface area contributed by atoms with E-state index in [2.05, 4.69) is 36.3 Å². The largest absolute Gasteiger partial charge is 0.497 e. The standard InChI is InChI=1S/C20H22N2O2/c1-13(2)14-4-9-19-15(10-14)11-16(20(23)22-19)12-21-17-5-7-18(24-3)8-6-17/h4-11,13,21H,12H2,1-3H3,(H,22,23). The third-order valence-electron chi connectivity index (χ3n) is 4.18. The SMILES string of the molecule is COc1ccc(NCc2cc3cc(C(C)C)ccc3[nH]c2=O)cc1. The van der Waals surface area contributed by atoms with Crippen LogP contribution < -0.4 is 15.6 Å². The maximum absolute atomic E-state index is 12.3. The number of hydrogen-bond donors (Lipinski definition) is 2. The van der Waals surface area contributed by atoms with Crippen LogP contribution in [0.2, 0.25) is 0 Å². The first-order chi connectivity index (χ1) is 11.6. The van der Waals surface area contributed by atoms with E-state index in [1.807, 2.05) is 36.4 Å². The molecule has 4 nitrogen and oxygen atoms in total. The van der Waals surface area contributed by atoms with Crippen molar-refractivity contribution >= 4 is 16.6 Å². The number of nitrogens with one attached hydrogen (secondary N) is 2. The summed E-state index contributed by atoms with van der Waals surface area (Å²) in [5.41, 5.74) is 3.76. The van der Waals surface area contributed by atoms with Crippen molar-refractivity contribution in [2.24, 2.45) is 0 Å². The quantitative estimate of drug-likeness (QED) is 0.737. The molecule has 0 saturated carbocycles. The number of anilines is 1. The Balaban J connectivity index is 1.85. The molecule has 0 aliphatic rings. The van der Waals surface area contributed by atoms with Gasteiger partial charge < -0.3 is 15.0 Å². The van der Waals surface area contributed by atoms with Gasteiger partial charge in [-0.05, 0) is 59.3 Å². The van der Waals surface area contributed by atoms with Crippen LogP contribution in [0.1, 0.15) is 30.9 Å². The Labute approximate surface area is 141 Å². The zero-order valence-electron chi connectivity index (χ0n) is 14.2. The van der Waals surface area contributed by atoms with E-state index in [1.54, 1.807) is 7.11 Å². The Kier molecular flexibility index (Phi) is 4.56. The predicted molar refractivity (Wildman–Crippen MR) is 99.0 cm³/mol. The van der Waals surface area contributed by atoms with Crippen molar-refractivity contribution < 1.29 is 4.74 Å². The number of benzene rings is 2. The second-order valence-corrected chi connectivity index (χ2v) is 6.21. The zero-order valence-corrected chi connectivity index (χ0v) is 14.2. The highest BCUT2D eigenvalue weighted by molar-refractivity contribution is 5.80. The van der Waals surface area contributed by atoms with Crippen LogP contribution in [0.4, 0.5) is 5.69 Å². The third-order valence-corrected chi connectivity index (χ3v) is 4.18. The molecule has 0 aliphatic carbocycles. The molecule has 3 aromatic rings. The highest BCUT2D eigenvalue weighted by atomic mass is 16.5. The van der Waals surface area contributed by atoms with E-state index in [-0.39, 0.29) is 5.56 Å². The van der Waals surface area contributed by atoms with Crippen molar-refractivity contribution in [3.8, 4) is 5.75 Å². The molecule has 0 amide bonds. The Hall–Kier alpha value is -2.75. The van der Waals surface area contributed by atoms with Gasteiger partial charge in [0.25, 0.3) is 5.56 Å². The van der Waals surface area contributed by atoms with Gasteiger partial charge in [-0.25, -0.2) is 0 Å². The summed E-state index contributed by atoms with van der Waals surface area (Å²) in [7, 11) is 1.64. The molecule has 0 aliphatic heterocycles. The van der Waals surface area contributed by atoms with E-state index < -0.39 is 0 Å². The van der Waals surface area contributed by atoms with Gasteiger partial charge in [-0.15, -0.1) is 0 Å². The molecule has 2 N–H and O–H groups in total. The molecule has 1 heterocycles. The minimum absolute atomic E-state index is 0.0548. The van der Waals surface area contributed by atoms with Crippen LogP contribution in [0, 0.1) is 0 Å². The molecule has 0 unspecified atom stereocenters. The van der Waals surface area contributed by atoms with Gasteiger partial charge in [0.15, 0.2) is 0 Å². The van der Waals surface area contributed by atoms with Gasteiger partial charge >= 0.3 is 0 Å². The average Bonchev–Trinajstić information content (AvgIpc) is 2.60. The topological polar surface area (TPSA) is 54.1 Å². The molecule has 3 rings (SSSR count). The molecule has 24 heavy (non-hydrogen) atoms. The Bertz CT molecular complexity index is 896. The van der Waals surface area contributed by atoms with Crippen LogP contribution in [0.5, 0.6) is 5.75 Å². The zero-order chi connectivity index (χ0) is 17.1. The van der Waals surface area contributed by atoms with Crippen LogP contribution in [0.25, 0.3) is 10.9 Å². The van der Waals surface area contributed by atoms with Crippen molar-refractivity contribution in [3.63, 3.8) is 0 Å². The van der Waals surface area contributed by atoms with Crippen LogP contribution in [-0.4, -0.2) is 12.1 Å². The van der Waals surface area contributed by atoms with Crippen molar-refractivity contribution in [2.75, 3.05) is 12.4 Å². The first-order valence-corrected chi connectivity index (χ1v) is 8.10. The molecule has 4 heteroatoms. The van der Waals surface area contributed by atoms with E-state index in [4.69, 9.17) is 4.74 Å². The number of fused-ring (bicyclic) bond motifs is 1. The number of aromatic nitrogens is 1. The number of ether oxygens (including phenoxy) is 1. The summed E-state index contributed by atoms with van der Waals surface area (Å²) in [6.07, 6.45) is 0. The Morgan fingerprint density at radius 1 is 1.08 bits per heavy atom. The molecule has 0 atom stereocenters. The van der Waals surface area contributed by atoms with E-state index in [9.17, 15) is 4.79 Å². The van der Waals surface area contributed by atoms with Crippen molar-refractivity contribution in [3.05, 3.63) is 70.0 Å². The van der Waals surface area contributed by atoms with Gasteiger partial charge in [-0.1, -0.05) is 19.9 Å². The van der Waals surface area contributed by atoms with Gasteiger partial charge in [0, 0.05) is 23.3 Å². The van der Waals surface area contributed by atoms with E-state index in [0.717, 1.165) is 27.9 Å². The summed E-state index contributed by atoms with van der Waals surface area (Å²) in [6.45, 7) is 4.81. The number of pyridine rings is 1. The molecule has 1 aromatic heterocycles. The van der Waals surface area contributed by atoms with E-state index in [1.165, 1.54) is 5.56 Å². The maximum atomic E-state index is 12.3. The molecule has 2 aromatic carbocycles. The van der Waals surface area contributed by atoms with Crippen LogP contribution in [0.3, 0.4) is 0 Å². The summed E-state index contributed by atoms with van der Waals surface area (Å²) in [5, 5.41) is 4.34. The third kappa shape index (κ3) is 3.43. The van der Waals surface area contributed by atoms with Crippen LogP contribution in [-0.2, 0) is 6.54 Å². The predicted octanol–water partition coefficient (Wildman–Crippen LogP) is 4.27. The lowest BCUT2D eigenvalue weighted by Crippen LogP contribution is -2.15. The van der Waals surface area contributed by atoms with Crippen LogP contribution in [0.15, 0.2) is 53.3 Å². The molecular formula is C20H22N2O2. The van der Waals surface area contributed by atoms with Gasteiger partial charge in [0.2, 0.25) is 0 Å². The van der Waals surface area contributed by atoms with Gasteiger partial charge in [0.1, 0.15) is 5.75 Å². The maximum Gasteiger partial charge on any atom is 0.253 e. The molecule has 124 valence electrons. The second-order valence-electron chi connectivity index (χ2n) is 6.21. The van der Waals surface area contributed by atoms with E-state index >= 15 is 0 Å². The minimum Gasteiger partial charge on any atom is -0.497 e. The fourth-order valence-corrected chi connectivity index (χ4v) is 2.67. The molecule has 0 radical (unpaired) electrons. The van der Waals surface area contributed by atoms with Gasteiger partial charge in [0.05, 0.1) is 7.11 Å². The molecule has 0 fully saturated rings. The fourth-order valence-electron chi connectivity index (χ4n) is 2.67. The lowest BCUT2D eigenvalue weighted by atomic mass is 10.0. The summed E-state index contributed by atoms with van der Waals surface area (Å²) in [4.78, 5) is 15.2. The fraction of sp³-hybridized carbons (Fsp3) is 0.250. The smallest absolute Gasteiger partial charge is 0.253 e. The number of H-pyrrole nitrogens is 1. The van der Waals surface area contributed by atoms with Crippen molar-refractivity contribution in [1.29, 1.82) is 0 Å². The number of hydrogen-bond acceptors (Lipinski definition) is 3. The minimum atomic E-state index is -0.0548. The first-order valence-electron chi connectivity index (χ1n) is 8.10. The monoisotopic (exact) mass is 322 g/mol. The van der Waals surface area contributed by atoms with Crippen LogP contribution >= 0.6 is 0 Å². The number of rotatable bonds is 5. The Morgan fingerprint density at radius 2 is 1.83 bits per heavy atom. The normalized spacial score (nSPS) is 11.0. The summed E-state index contributed by atoms with van der Waals surface area (Å²) < 4.78 is 5.15. The lowest BCUT2D eigenvalue weighted by molar-refractivity contribution is 0.415. The molecule has 0 saturated heterocycles. The number of methoxy groups -OCH3 is 1. The Morgan fingerprint density at radius 3 is 2.50 bits per heavy atom. The number of aromatic amines is 1. The lowest BCUT2D eigenvalue weighted by Gasteiger charge is -2.10. The van der Waals surface area contributed by atoms with Crippen molar-refractivity contribution in [1.82, 2.24) is 4.98 Å². The molecule has 0 bridgehead atoms. The highest BCUT2D eigenvalue weighted by Crippen LogP contribution is 2.20.